The summed E-state index contributed by atoms with van der Waals surface area (Å²) in [6.07, 6.45) is 7.55. The normalized spacial score (nSPS) is 10.9. The van der Waals surface area contributed by atoms with Gasteiger partial charge in [-0.15, -0.1) is 0 Å². The van der Waals surface area contributed by atoms with E-state index >= 15 is 0 Å². The zero-order valence-corrected chi connectivity index (χ0v) is 14.2. The van der Waals surface area contributed by atoms with Crippen molar-refractivity contribution in [1.82, 2.24) is 14.9 Å². The van der Waals surface area contributed by atoms with Crippen molar-refractivity contribution >= 4 is 23.2 Å². The predicted molar refractivity (Wildman–Crippen MR) is 90.8 cm³/mol. The molecule has 0 saturated heterocycles. The summed E-state index contributed by atoms with van der Waals surface area (Å²) in [4.78, 5) is 4.02. The van der Waals surface area contributed by atoms with Crippen molar-refractivity contribution in [2.75, 3.05) is 13.2 Å². The maximum absolute atomic E-state index is 6.23. The van der Waals surface area contributed by atoms with Gasteiger partial charge in [0.15, 0.2) is 5.75 Å². The third kappa shape index (κ3) is 5.20. The van der Waals surface area contributed by atoms with E-state index in [1.165, 1.54) is 0 Å². The molecule has 1 aromatic carbocycles. The summed E-state index contributed by atoms with van der Waals surface area (Å²) in [5, 5.41) is 4.52. The van der Waals surface area contributed by atoms with Gasteiger partial charge >= 0.3 is 0 Å². The molecule has 0 amide bonds. The molecule has 4 nitrogen and oxygen atoms in total. The fourth-order valence-corrected chi connectivity index (χ4v) is 2.74. The molecular weight excluding hydrogens is 321 g/mol. The Hall–Kier alpha value is -1.23. The number of halogens is 2. The van der Waals surface area contributed by atoms with Gasteiger partial charge in [0.1, 0.15) is 0 Å². The van der Waals surface area contributed by atoms with Crippen LogP contribution in [0.5, 0.6) is 5.75 Å². The van der Waals surface area contributed by atoms with Crippen LogP contribution in [0.25, 0.3) is 0 Å². The average molecular weight is 342 g/mol. The molecule has 0 bridgehead atoms. The summed E-state index contributed by atoms with van der Waals surface area (Å²) in [6, 6.07) is 3.81. The van der Waals surface area contributed by atoms with Gasteiger partial charge < -0.3 is 14.6 Å². The molecule has 0 fully saturated rings. The number of aromatic nitrogens is 2. The van der Waals surface area contributed by atoms with Gasteiger partial charge in [0.25, 0.3) is 0 Å². The van der Waals surface area contributed by atoms with Crippen LogP contribution in [0.3, 0.4) is 0 Å². The Morgan fingerprint density at radius 3 is 2.68 bits per heavy atom. The Labute approximate surface area is 141 Å². The fourth-order valence-electron chi connectivity index (χ4n) is 2.09. The molecule has 120 valence electrons. The van der Waals surface area contributed by atoms with Gasteiger partial charge in [0.2, 0.25) is 0 Å². The van der Waals surface area contributed by atoms with Gasteiger partial charge in [-0.05, 0) is 37.1 Å². The van der Waals surface area contributed by atoms with E-state index in [0.717, 1.165) is 38.0 Å². The maximum Gasteiger partial charge on any atom is 0.156 e. The number of imidazole rings is 1. The molecule has 0 saturated carbocycles. The van der Waals surface area contributed by atoms with E-state index in [1.54, 1.807) is 6.20 Å². The second kappa shape index (κ2) is 9.03. The third-order valence-corrected chi connectivity index (χ3v) is 3.73. The number of ether oxygens (including phenoxy) is 1. The van der Waals surface area contributed by atoms with Crippen LogP contribution in [0.15, 0.2) is 30.9 Å². The van der Waals surface area contributed by atoms with Crippen molar-refractivity contribution in [2.45, 2.75) is 32.9 Å². The summed E-state index contributed by atoms with van der Waals surface area (Å²) in [5.41, 5.74) is 1.06. The highest BCUT2D eigenvalue weighted by atomic mass is 35.5. The number of hydrogen-bond acceptors (Lipinski definition) is 3. The standard InChI is InChI=1S/C16H21Cl2N3O/c1-2-8-22-16-14(17)9-13(10-15(16)18)11-19-4-3-6-21-7-5-20-12-21/h5,7,9-10,12,19H,2-4,6,8,11H2,1H3. The Morgan fingerprint density at radius 2 is 2.05 bits per heavy atom. The Balaban J connectivity index is 1.77. The third-order valence-electron chi connectivity index (χ3n) is 3.17. The van der Waals surface area contributed by atoms with Crippen molar-refractivity contribution in [3.8, 4) is 5.75 Å². The van der Waals surface area contributed by atoms with E-state index in [4.69, 9.17) is 27.9 Å². The second-order valence-corrected chi connectivity index (χ2v) is 5.88. The average Bonchev–Trinajstić information content (AvgIpc) is 2.99. The molecule has 6 heteroatoms. The molecule has 22 heavy (non-hydrogen) atoms. The lowest BCUT2D eigenvalue weighted by molar-refractivity contribution is 0.317. The first-order valence-corrected chi connectivity index (χ1v) is 8.23. The maximum atomic E-state index is 6.23. The lowest BCUT2D eigenvalue weighted by atomic mass is 10.2. The zero-order chi connectivity index (χ0) is 15.8. The van der Waals surface area contributed by atoms with Gasteiger partial charge in [0, 0.05) is 25.5 Å². The molecule has 0 aliphatic heterocycles. The molecule has 1 aromatic heterocycles. The first kappa shape index (κ1) is 17.1. The number of rotatable bonds is 9. The molecule has 0 unspecified atom stereocenters. The highest BCUT2D eigenvalue weighted by Crippen LogP contribution is 2.34. The van der Waals surface area contributed by atoms with E-state index < -0.39 is 0 Å². The minimum Gasteiger partial charge on any atom is -0.490 e. The van der Waals surface area contributed by atoms with Crippen molar-refractivity contribution in [1.29, 1.82) is 0 Å². The fraction of sp³-hybridized carbons (Fsp3) is 0.438. The second-order valence-electron chi connectivity index (χ2n) is 5.07. The van der Waals surface area contributed by atoms with Crippen LogP contribution >= 0.6 is 23.2 Å². The molecule has 0 spiro atoms. The summed E-state index contributed by atoms with van der Waals surface area (Å²) < 4.78 is 7.63. The number of nitrogens with one attached hydrogen (secondary N) is 1. The monoisotopic (exact) mass is 341 g/mol. The first-order chi connectivity index (χ1) is 10.7. The Kier molecular flexibility index (Phi) is 7.03. The minimum atomic E-state index is 0.566. The van der Waals surface area contributed by atoms with Crippen LogP contribution in [-0.2, 0) is 13.1 Å². The van der Waals surface area contributed by atoms with Crippen molar-refractivity contribution in [2.24, 2.45) is 0 Å². The lowest BCUT2D eigenvalue weighted by Gasteiger charge is -2.12. The Morgan fingerprint density at radius 1 is 1.27 bits per heavy atom. The summed E-state index contributed by atoms with van der Waals surface area (Å²) >= 11 is 12.5. The largest absolute Gasteiger partial charge is 0.490 e. The first-order valence-electron chi connectivity index (χ1n) is 7.48. The molecule has 1 heterocycles. The predicted octanol–water partition coefficient (Wildman–Crippen LogP) is 4.16. The lowest BCUT2D eigenvalue weighted by Crippen LogP contribution is -2.16. The van der Waals surface area contributed by atoms with E-state index in [0.29, 0.717) is 22.4 Å². The number of hydrogen-bond donors (Lipinski definition) is 1. The molecule has 0 radical (unpaired) electrons. The summed E-state index contributed by atoms with van der Waals surface area (Å²) in [5.74, 6) is 0.578. The molecular formula is C16H21Cl2N3O. The molecule has 0 aliphatic carbocycles. The van der Waals surface area contributed by atoms with Crippen LogP contribution < -0.4 is 10.1 Å². The van der Waals surface area contributed by atoms with Crippen molar-refractivity contribution in [3.05, 3.63) is 46.5 Å². The van der Waals surface area contributed by atoms with Crippen molar-refractivity contribution in [3.63, 3.8) is 0 Å². The minimum absolute atomic E-state index is 0.566. The van der Waals surface area contributed by atoms with Gasteiger partial charge in [-0.25, -0.2) is 4.98 Å². The molecule has 0 aliphatic rings. The van der Waals surface area contributed by atoms with E-state index in [-0.39, 0.29) is 0 Å². The molecule has 1 N–H and O–H groups in total. The van der Waals surface area contributed by atoms with Crippen molar-refractivity contribution < 1.29 is 4.74 Å². The smallest absolute Gasteiger partial charge is 0.156 e. The quantitative estimate of drug-likeness (QED) is 0.696. The molecule has 0 atom stereocenters. The number of benzene rings is 1. The Bertz CT molecular complexity index is 550. The van der Waals surface area contributed by atoms with Crippen LogP contribution in [-0.4, -0.2) is 22.7 Å². The van der Waals surface area contributed by atoms with E-state index in [1.807, 2.05) is 31.6 Å². The van der Waals surface area contributed by atoms with Gasteiger partial charge in [-0.3, -0.25) is 0 Å². The zero-order valence-electron chi connectivity index (χ0n) is 12.7. The number of nitrogens with zero attached hydrogens (tertiary/aromatic N) is 2. The van der Waals surface area contributed by atoms with Crippen LogP contribution in [0.1, 0.15) is 25.3 Å². The van der Waals surface area contributed by atoms with E-state index in [2.05, 4.69) is 14.9 Å². The van der Waals surface area contributed by atoms with Crippen LogP contribution in [0, 0.1) is 0 Å². The summed E-state index contributed by atoms with van der Waals surface area (Å²) in [7, 11) is 0. The van der Waals surface area contributed by atoms with Gasteiger partial charge in [-0.1, -0.05) is 30.1 Å². The highest BCUT2D eigenvalue weighted by molar-refractivity contribution is 6.37. The summed E-state index contributed by atoms with van der Waals surface area (Å²) in [6.45, 7) is 5.27. The topological polar surface area (TPSA) is 39.1 Å². The van der Waals surface area contributed by atoms with E-state index in [9.17, 15) is 0 Å². The van der Waals surface area contributed by atoms with Crippen LogP contribution in [0.4, 0.5) is 0 Å². The van der Waals surface area contributed by atoms with Crippen LogP contribution in [0.2, 0.25) is 10.0 Å². The molecule has 2 aromatic rings. The SMILES string of the molecule is CCCOc1c(Cl)cc(CNCCCn2ccnc2)cc1Cl. The van der Waals surface area contributed by atoms with Gasteiger partial charge in [-0.2, -0.15) is 0 Å². The van der Waals surface area contributed by atoms with Gasteiger partial charge in [0.05, 0.1) is 23.0 Å². The number of aryl methyl sites for hydroxylation is 1. The molecule has 2 rings (SSSR count). The highest BCUT2D eigenvalue weighted by Gasteiger charge is 2.09.